The summed E-state index contributed by atoms with van der Waals surface area (Å²) in [6.07, 6.45) is 0. The molecule has 0 unspecified atom stereocenters. The number of rotatable bonds is 6. The van der Waals surface area contributed by atoms with E-state index < -0.39 is 0 Å². The number of benzene rings is 2. The Morgan fingerprint density at radius 2 is 1.63 bits per heavy atom. The van der Waals surface area contributed by atoms with Crippen molar-refractivity contribution >= 4 is 5.91 Å². The van der Waals surface area contributed by atoms with Gasteiger partial charge in [0, 0.05) is 22.6 Å². The number of carbonyl (C=O) groups excluding carboxylic acids is 1. The van der Waals surface area contributed by atoms with E-state index in [4.69, 9.17) is 9.05 Å². The SMILES string of the molecule is Cc1ccc(-c2nc(CNC(=O)c3ccc(-c4noc(C(C)C)n4)cc3)no2)cc1. The molecule has 2 aromatic heterocycles. The lowest BCUT2D eigenvalue weighted by Crippen LogP contribution is -2.23. The Labute approximate surface area is 173 Å². The first-order valence-electron chi connectivity index (χ1n) is 9.61. The molecule has 0 saturated carbocycles. The number of amides is 1. The molecule has 4 aromatic rings. The van der Waals surface area contributed by atoms with Crippen molar-refractivity contribution in [2.75, 3.05) is 0 Å². The topological polar surface area (TPSA) is 107 Å². The van der Waals surface area contributed by atoms with E-state index in [1.807, 2.05) is 45.0 Å². The monoisotopic (exact) mass is 403 g/mol. The lowest BCUT2D eigenvalue weighted by molar-refractivity contribution is 0.0949. The highest BCUT2D eigenvalue weighted by atomic mass is 16.5. The molecule has 0 aliphatic rings. The zero-order chi connectivity index (χ0) is 21.1. The molecule has 30 heavy (non-hydrogen) atoms. The van der Waals surface area contributed by atoms with Crippen LogP contribution in [0.25, 0.3) is 22.8 Å². The summed E-state index contributed by atoms with van der Waals surface area (Å²) in [5.41, 5.74) is 3.27. The van der Waals surface area contributed by atoms with Crippen molar-refractivity contribution in [1.82, 2.24) is 25.6 Å². The lowest BCUT2D eigenvalue weighted by atomic mass is 10.1. The van der Waals surface area contributed by atoms with E-state index in [2.05, 4.69) is 25.6 Å². The Morgan fingerprint density at radius 3 is 2.30 bits per heavy atom. The second-order valence-electron chi connectivity index (χ2n) is 7.25. The molecule has 8 nitrogen and oxygen atoms in total. The fourth-order valence-electron chi connectivity index (χ4n) is 2.76. The van der Waals surface area contributed by atoms with Crippen LogP contribution in [-0.2, 0) is 6.54 Å². The van der Waals surface area contributed by atoms with Gasteiger partial charge in [0.25, 0.3) is 11.8 Å². The summed E-state index contributed by atoms with van der Waals surface area (Å²) in [6, 6.07) is 14.8. The highest BCUT2D eigenvalue weighted by molar-refractivity contribution is 5.94. The number of hydrogen-bond acceptors (Lipinski definition) is 7. The van der Waals surface area contributed by atoms with Crippen LogP contribution in [0.15, 0.2) is 57.6 Å². The second-order valence-corrected chi connectivity index (χ2v) is 7.25. The molecule has 1 amide bonds. The van der Waals surface area contributed by atoms with Crippen LogP contribution in [0.3, 0.4) is 0 Å². The molecule has 4 rings (SSSR count). The summed E-state index contributed by atoms with van der Waals surface area (Å²) >= 11 is 0. The van der Waals surface area contributed by atoms with Crippen molar-refractivity contribution in [3.63, 3.8) is 0 Å². The van der Waals surface area contributed by atoms with E-state index in [9.17, 15) is 4.79 Å². The predicted octanol–water partition coefficient (Wildman–Crippen LogP) is 4.15. The third kappa shape index (κ3) is 4.27. The summed E-state index contributed by atoms with van der Waals surface area (Å²) < 4.78 is 10.5. The van der Waals surface area contributed by atoms with Crippen LogP contribution >= 0.6 is 0 Å². The first-order valence-corrected chi connectivity index (χ1v) is 9.61. The summed E-state index contributed by atoms with van der Waals surface area (Å²) in [4.78, 5) is 21.1. The Hall–Kier alpha value is -3.81. The summed E-state index contributed by atoms with van der Waals surface area (Å²) in [6.45, 7) is 6.14. The smallest absolute Gasteiger partial charge is 0.257 e. The molecule has 1 N–H and O–H groups in total. The van der Waals surface area contributed by atoms with E-state index >= 15 is 0 Å². The Kier molecular flexibility index (Phi) is 5.38. The number of aromatic nitrogens is 4. The minimum atomic E-state index is -0.237. The predicted molar refractivity (Wildman–Crippen MR) is 109 cm³/mol. The minimum absolute atomic E-state index is 0.160. The highest BCUT2D eigenvalue weighted by Crippen LogP contribution is 2.20. The van der Waals surface area contributed by atoms with Crippen molar-refractivity contribution in [2.45, 2.75) is 33.2 Å². The Morgan fingerprint density at radius 1 is 0.933 bits per heavy atom. The maximum atomic E-state index is 12.4. The fraction of sp³-hybridized carbons (Fsp3) is 0.227. The Balaban J connectivity index is 1.38. The first-order chi connectivity index (χ1) is 14.5. The molecular weight excluding hydrogens is 382 g/mol. The van der Waals surface area contributed by atoms with Crippen molar-refractivity contribution in [1.29, 1.82) is 0 Å². The van der Waals surface area contributed by atoms with Gasteiger partial charge in [-0.2, -0.15) is 9.97 Å². The standard InChI is InChI=1S/C22H21N5O3/c1-13(2)21-25-19(27-29-21)15-8-10-16(11-9-15)20(28)23-12-18-24-22(30-26-18)17-6-4-14(3)5-7-17/h4-11,13H,12H2,1-3H3,(H,23,28). The maximum Gasteiger partial charge on any atom is 0.257 e. The lowest BCUT2D eigenvalue weighted by Gasteiger charge is -2.03. The third-order valence-electron chi connectivity index (χ3n) is 4.51. The normalized spacial score (nSPS) is 11.1. The van der Waals surface area contributed by atoms with Crippen molar-refractivity contribution < 1.29 is 13.8 Å². The second kappa shape index (κ2) is 8.28. The van der Waals surface area contributed by atoms with E-state index in [1.54, 1.807) is 24.3 Å². The van der Waals surface area contributed by atoms with Gasteiger partial charge in [-0.05, 0) is 31.2 Å². The van der Waals surface area contributed by atoms with Gasteiger partial charge in [0.1, 0.15) is 0 Å². The zero-order valence-electron chi connectivity index (χ0n) is 16.9. The molecule has 8 heteroatoms. The zero-order valence-corrected chi connectivity index (χ0v) is 16.9. The van der Waals surface area contributed by atoms with Gasteiger partial charge in [-0.3, -0.25) is 4.79 Å². The summed E-state index contributed by atoms with van der Waals surface area (Å²) in [5, 5.41) is 10.7. The van der Waals surface area contributed by atoms with Crippen LogP contribution in [-0.4, -0.2) is 26.2 Å². The van der Waals surface area contributed by atoms with E-state index in [1.165, 1.54) is 0 Å². The molecule has 152 valence electrons. The molecule has 0 atom stereocenters. The van der Waals surface area contributed by atoms with E-state index in [0.717, 1.165) is 16.7 Å². The first kappa shape index (κ1) is 19.5. The molecule has 0 fully saturated rings. The number of nitrogens with zero attached hydrogens (tertiary/aromatic N) is 4. The maximum absolute atomic E-state index is 12.4. The van der Waals surface area contributed by atoms with Gasteiger partial charge in [0.15, 0.2) is 5.82 Å². The highest BCUT2D eigenvalue weighted by Gasteiger charge is 2.14. The van der Waals surface area contributed by atoms with Gasteiger partial charge in [-0.1, -0.05) is 54.0 Å². The number of aryl methyl sites for hydroxylation is 1. The Bertz CT molecular complexity index is 1140. The number of hydrogen-bond donors (Lipinski definition) is 1. The summed E-state index contributed by atoms with van der Waals surface area (Å²) in [7, 11) is 0. The molecule has 2 aromatic carbocycles. The molecule has 2 heterocycles. The van der Waals surface area contributed by atoms with Crippen LogP contribution in [0, 0.1) is 6.92 Å². The van der Waals surface area contributed by atoms with Gasteiger partial charge < -0.3 is 14.4 Å². The molecule has 0 aliphatic carbocycles. The molecule has 0 bridgehead atoms. The van der Waals surface area contributed by atoms with Gasteiger partial charge in [0.05, 0.1) is 6.54 Å². The average molecular weight is 403 g/mol. The van der Waals surface area contributed by atoms with E-state index in [0.29, 0.717) is 29.0 Å². The molecule has 0 saturated heterocycles. The van der Waals surface area contributed by atoms with Crippen molar-refractivity contribution in [3.8, 4) is 22.8 Å². The van der Waals surface area contributed by atoms with Crippen LogP contribution in [0.2, 0.25) is 0 Å². The van der Waals surface area contributed by atoms with Gasteiger partial charge in [-0.25, -0.2) is 0 Å². The van der Waals surface area contributed by atoms with E-state index in [-0.39, 0.29) is 18.4 Å². The largest absolute Gasteiger partial charge is 0.345 e. The molecule has 0 aliphatic heterocycles. The van der Waals surface area contributed by atoms with Crippen LogP contribution < -0.4 is 5.32 Å². The van der Waals surface area contributed by atoms with Gasteiger partial charge in [0.2, 0.25) is 11.7 Å². The fourth-order valence-corrected chi connectivity index (χ4v) is 2.76. The number of nitrogens with one attached hydrogen (secondary N) is 1. The average Bonchev–Trinajstić information content (AvgIpc) is 3.43. The van der Waals surface area contributed by atoms with Gasteiger partial charge in [-0.15, -0.1) is 0 Å². The number of carbonyl (C=O) groups is 1. The molecule has 0 radical (unpaired) electrons. The van der Waals surface area contributed by atoms with Crippen molar-refractivity contribution in [2.24, 2.45) is 0 Å². The summed E-state index contributed by atoms with van der Waals surface area (Å²) in [5.74, 6) is 1.83. The minimum Gasteiger partial charge on any atom is -0.345 e. The third-order valence-corrected chi connectivity index (χ3v) is 4.51. The van der Waals surface area contributed by atoms with Gasteiger partial charge >= 0.3 is 0 Å². The molecular formula is C22H21N5O3. The van der Waals surface area contributed by atoms with Crippen LogP contribution in [0.4, 0.5) is 0 Å². The van der Waals surface area contributed by atoms with Crippen LogP contribution in [0.5, 0.6) is 0 Å². The molecule has 0 spiro atoms. The quantitative estimate of drug-likeness (QED) is 0.515. The van der Waals surface area contributed by atoms with Crippen molar-refractivity contribution in [3.05, 3.63) is 71.4 Å². The van der Waals surface area contributed by atoms with Crippen LogP contribution in [0.1, 0.15) is 47.4 Å².